The van der Waals surface area contributed by atoms with Crippen LogP contribution in [0.4, 0.5) is 4.79 Å². The molecule has 1 unspecified atom stereocenters. The molecule has 1 atom stereocenters. The van der Waals surface area contributed by atoms with Crippen molar-refractivity contribution in [2.45, 2.75) is 32.4 Å². The van der Waals surface area contributed by atoms with E-state index in [4.69, 9.17) is 14.2 Å². The van der Waals surface area contributed by atoms with Gasteiger partial charge in [-0.25, -0.2) is 9.59 Å². The Morgan fingerprint density at radius 1 is 1.26 bits per heavy atom. The Morgan fingerprint density at radius 2 is 1.96 bits per heavy atom. The highest BCUT2D eigenvalue weighted by atomic mass is 16.5. The summed E-state index contributed by atoms with van der Waals surface area (Å²) in [5.41, 5.74) is 1.59. The van der Waals surface area contributed by atoms with E-state index in [-0.39, 0.29) is 11.6 Å². The van der Waals surface area contributed by atoms with Crippen molar-refractivity contribution < 1.29 is 28.9 Å². The standard InChI is InChI=1S/C16H21NO6/c1-5-9-6-10-12(8-17(9)16(20)23-4)13(21-2)7-11(15(18)19)14(10)22-3/h7,9H,5-6,8H2,1-4H3,(H,18,19). The van der Waals surface area contributed by atoms with Crippen molar-refractivity contribution in [1.29, 1.82) is 0 Å². The van der Waals surface area contributed by atoms with Crippen molar-refractivity contribution in [3.8, 4) is 11.5 Å². The van der Waals surface area contributed by atoms with E-state index >= 15 is 0 Å². The summed E-state index contributed by atoms with van der Waals surface area (Å²) in [6.45, 7) is 2.26. The number of aromatic carboxylic acids is 1. The summed E-state index contributed by atoms with van der Waals surface area (Å²) in [4.78, 5) is 25.1. The zero-order valence-electron chi connectivity index (χ0n) is 13.7. The summed E-state index contributed by atoms with van der Waals surface area (Å²) in [6, 6.07) is 1.35. The Morgan fingerprint density at radius 3 is 2.43 bits per heavy atom. The third-order valence-corrected chi connectivity index (χ3v) is 4.20. The van der Waals surface area contributed by atoms with Crippen LogP contribution in [0.2, 0.25) is 0 Å². The molecule has 0 radical (unpaired) electrons. The average Bonchev–Trinajstić information content (AvgIpc) is 2.57. The topological polar surface area (TPSA) is 85.3 Å². The average molecular weight is 323 g/mol. The number of fused-ring (bicyclic) bond motifs is 1. The maximum atomic E-state index is 12.0. The highest BCUT2D eigenvalue weighted by Crippen LogP contribution is 2.40. The van der Waals surface area contributed by atoms with Gasteiger partial charge in [-0.2, -0.15) is 0 Å². The van der Waals surface area contributed by atoms with Crippen LogP contribution in [0.5, 0.6) is 11.5 Å². The number of amides is 1. The third kappa shape index (κ3) is 2.91. The van der Waals surface area contributed by atoms with Gasteiger partial charge in [0.1, 0.15) is 17.1 Å². The molecule has 7 heteroatoms. The van der Waals surface area contributed by atoms with Gasteiger partial charge >= 0.3 is 12.1 Å². The molecule has 1 aliphatic rings. The van der Waals surface area contributed by atoms with Crippen LogP contribution in [0.1, 0.15) is 34.8 Å². The van der Waals surface area contributed by atoms with E-state index in [0.717, 1.165) is 17.5 Å². The zero-order chi connectivity index (χ0) is 17.1. The van der Waals surface area contributed by atoms with E-state index in [2.05, 4.69) is 0 Å². The van der Waals surface area contributed by atoms with Gasteiger partial charge in [0.15, 0.2) is 0 Å². The molecule has 0 aromatic heterocycles. The van der Waals surface area contributed by atoms with Crippen molar-refractivity contribution >= 4 is 12.1 Å². The van der Waals surface area contributed by atoms with Crippen molar-refractivity contribution in [3.05, 3.63) is 22.8 Å². The molecule has 0 bridgehead atoms. The molecule has 1 aliphatic heterocycles. The van der Waals surface area contributed by atoms with E-state index in [1.54, 1.807) is 4.90 Å². The largest absolute Gasteiger partial charge is 0.496 e. The first kappa shape index (κ1) is 16.9. The number of hydrogen-bond acceptors (Lipinski definition) is 5. The van der Waals surface area contributed by atoms with Gasteiger partial charge in [0, 0.05) is 17.2 Å². The number of nitrogens with zero attached hydrogens (tertiary/aromatic N) is 1. The fraction of sp³-hybridized carbons (Fsp3) is 0.500. The van der Waals surface area contributed by atoms with Crippen molar-refractivity contribution in [2.24, 2.45) is 0 Å². The fourth-order valence-electron chi connectivity index (χ4n) is 3.04. The SMILES string of the molecule is CCC1Cc2c(c(OC)cc(C(=O)O)c2OC)CN1C(=O)OC. The second-order valence-electron chi connectivity index (χ2n) is 5.29. The van der Waals surface area contributed by atoms with Crippen molar-refractivity contribution in [3.63, 3.8) is 0 Å². The predicted octanol–water partition coefficient (Wildman–Crippen LogP) is 2.31. The predicted molar refractivity (Wildman–Crippen MR) is 82.2 cm³/mol. The van der Waals surface area contributed by atoms with Gasteiger partial charge in [-0.3, -0.25) is 0 Å². The van der Waals surface area contributed by atoms with Crippen LogP contribution in [-0.2, 0) is 17.7 Å². The number of hydrogen-bond donors (Lipinski definition) is 1. The summed E-state index contributed by atoms with van der Waals surface area (Å²) < 4.78 is 15.5. The highest BCUT2D eigenvalue weighted by molar-refractivity contribution is 5.92. The van der Waals surface area contributed by atoms with Crippen LogP contribution in [-0.4, -0.2) is 49.4 Å². The van der Waals surface area contributed by atoms with Crippen LogP contribution in [0.15, 0.2) is 6.07 Å². The normalized spacial score (nSPS) is 16.5. The maximum absolute atomic E-state index is 12.0. The summed E-state index contributed by atoms with van der Waals surface area (Å²) in [5.74, 6) is -0.315. The lowest BCUT2D eigenvalue weighted by molar-refractivity contribution is 0.0690. The van der Waals surface area contributed by atoms with E-state index < -0.39 is 12.1 Å². The molecule has 1 N–H and O–H groups in total. The molecule has 1 aromatic rings. The lowest BCUT2D eigenvalue weighted by Gasteiger charge is -2.36. The smallest absolute Gasteiger partial charge is 0.410 e. The molecule has 1 amide bonds. The minimum Gasteiger partial charge on any atom is -0.496 e. The van der Waals surface area contributed by atoms with Gasteiger partial charge < -0.3 is 24.2 Å². The first-order valence-electron chi connectivity index (χ1n) is 7.33. The molecule has 23 heavy (non-hydrogen) atoms. The Labute approximate surface area is 134 Å². The molecule has 0 fully saturated rings. The van der Waals surface area contributed by atoms with Crippen molar-refractivity contribution in [2.75, 3.05) is 21.3 Å². The summed E-state index contributed by atoms with van der Waals surface area (Å²) in [6.07, 6.45) is 0.796. The van der Waals surface area contributed by atoms with Gasteiger partial charge in [0.05, 0.1) is 27.9 Å². The number of ether oxygens (including phenoxy) is 3. The Kier molecular flexibility index (Phi) is 4.98. The minimum atomic E-state index is -1.08. The molecular weight excluding hydrogens is 302 g/mol. The van der Waals surface area contributed by atoms with Crippen LogP contribution in [0.3, 0.4) is 0 Å². The number of benzene rings is 1. The molecule has 0 spiro atoms. The van der Waals surface area contributed by atoms with Crippen LogP contribution < -0.4 is 9.47 Å². The molecule has 1 heterocycles. The Hall–Kier alpha value is -2.44. The second-order valence-corrected chi connectivity index (χ2v) is 5.29. The van der Waals surface area contributed by atoms with Crippen LogP contribution in [0, 0.1) is 0 Å². The first-order valence-corrected chi connectivity index (χ1v) is 7.33. The Balaban J connectivity index is 2.62. The molecule has 1 aromatic carbocycles. The number of carbonyl (C=O) groups is 2. The van der Waals surface area contributed by atoms with Gasteiger partial charge in [-0.15, -0.1) is 0 Å². The molecular formula is C16H21NO6. The van der Waals surface area contributed by atoms with E-state index in [1.807, 2.05) is 6.92 Å². The number of carboxylic acid groups (broad SMARTS) is 1. The fourth-order valence-corrected chi connectivity index (χ4v) is 3.04. The van der Waals surface area contributed by atoms with Crippen LogP contribution >= 0.6 is 0 Å². The number of carboxylic acids is 1. The third-order valence-electron chi connectivity index (χ3n) is 4.20. The van der Waals surface area contributed by atoms with Gasteiger partial charge in [0.2, 0.25) is 0 Å². The Bertz CT molecular complexity index is 627. The minimum absolute atomic E-state index is 0.0597. The first-order chi connectivity index (χ1) is 11.0. The molecule has 7 nitrogen and oxygen atoms in total. The van der Waals surface area contributed by atoms with E-state index in [0.29, 0.717) is 24.5 Å². The molecule has 0 saturated carbocycles. The lowest BCUT2D eigenvalue weighted by Crippen LogP contribution is -2.44. The number of methoxy groups -OCH3 is 3. The highest BCUT2D eigenvalue weighted by Gasteiger charge is 2.34. The monoisotopic (exact) mass is 323 g/mol. The maximum Gasteiger partial charge on any atom is 0.410 e. The molecule has 0 aliphatic carbocycles. The van der Waals surface area contributed by atoms with Crippen molar-refractivity contribution in [1.82, 2.24) is 4.90 Å². The van der Waals surface area contributed by atoms with Gasteiger partial charge in [-0.05, 0) is 18.9 Å². The number of carbonyl (C=O) groups excluding carboxylic acids is 1. The lowest BCUT2D eigenvalue weighted by atomic mass is 9.89. The molecule has 126 valence electrons. The zero-order valence-corrected chi connectivity index (χ0v) is 13.7. The van der Waals surface area contributed by atoms with Gasteiger partial charge in [-0.1, -0.05) is 6.92 Å². The summed E-state index contributed by atoms with van der Waals surface area (Å²) in [5, 5.41) is 9.40. The van der Waals surface area contributed by atoms with E-state index in [1.165, 1.54) is 27.4 Å². The molecule has 0 saturated heterocycles. The summed E-state index contributed by atoms with van der Waals surface area (Å²) in [7, 11) is 4.26. The summed E-state index contributed by atoms with van der Waals surface area (Å²) >= 11 is 0. The van der Waals surface area contributed by atoms with E-state index in [9.17, 15) is 14.7 Å². The van der Waals surface area contributed by atoms with Crippen LogP contribution in [0.25, 0.3) is 0 Å². The number of rotatable bonds is 4. The second kappa shape index (κ2) is 6.76. The molecule has 2 rings (SSSR count). The van der Waals surface area contributed by atoms with Gasteiger partial charge in [0.25, 0.3) is 0 Å². The quantitative estimate of drug-likeness (QED) is 0.915.